The van der Waals surface area contributed by atoms with Gasteiger partial charge in [-0.1, -0.05) is 318 Å². The smallest absolute Gasteiger partial charge is 0.306 e. The van der Waals surface area contributed by atoms with Crippen LogP contribution < -0.4 is 0 Å². The molecule has 0 aliphatic carbocycles. The Balaban J connectivity index is 4.11. The van der Waals surface area contributed by atoms with E-state index in [9.17, 15) is 14.4 Å². The van der Waals surface area contributed by atoms with Gasteiger partial charge in [-0.25, -0.2) is 0 Å². The fraction of sp³-hybridized carbons (Fsp3) is 0.770. The molecule has 0 aromatic carbocycles. The van der Waals surface area contributed by atoms with Gasteiger partial charge in [-0.3, -0.25) is 14.4 Å². The summed E-state index contributed by atoms with van der Waals surface area (Å²) in [5.41, 5.74) is 0. The maximum absolute atomic E-state index is 12.9. The normalized spacial score (nSPS) is 12.6. The minimum absolute atomic E-state index is 0.0736. The Labute approximate surface area is 496 Å². The average molecular weight is 1120 g/mol. The summed E-state index contributed by atoms with van der Waals surface area (Å²) in [6.45, 7) is 6.55. The summed E-state index contributed by atoms with van der Waals surface area (Å²) in [6.07, 6.45) is 90.4. The second kappa shape index (κ2) is 68.1. The van der Waals surface area contributed by atoms with Crippen molar-refractivity contribution in [1.29, 1.82) is 0 Å². The van der Waals surface area contributed by atoms with Crippen LogP contribution in [0, 0.1) is 0 Å². The number of esters is 3. The Morgan fingerprint density at radius 2 is 0.487 bits per heavy atom. The first-order valence-corrected chi connectivity index (χ1v) is 34.6. The van der Waals surface area contributed by atoms with Gasteiger partial charge in [0.15, 0.2) is 6.10 Å². The fourth-order valence-corrected chi connectivity index (χ4v) is 9.97. The van der Waals surface area contributed by atoms with Crippen molar-refractivity contribution in [2.24, 2.45) is 0 Å². The van der Waals surface area contributed by atoms with Crippen molar-refractivity contribution in [3.8, 4) is 0 Å². The van der Waals surface area contributed by atoms with Crippen molar-refractivity contribution in [2.45, 2.75) is 354 Å². The molecule has 0 N–H and O–H groups in total. The van der Waals surface area contributed by atoms with Gasteiger partial charge in [-0.05, 0) is 96.3 Å². The molecule has 0 radical (unpaired) electrons. The number of rotatable bonds is 63. The molecule has 0 fully saturated rings. The van der Waals surface area contributed by atoms with Crippen LogP contribution in [0.3, 0.4) is 0 Å². The van der Waals surface area contributed by atoms with E-state index in [-0.39, 0.29) is 31.1 Å². The van der Waals surface area contributed by atoms with Crippen LogP contribution in [-0.4, -0.2) is 37.2 Å². The summed E-state index contributed by atoms with van der Waals surface area (Å²) < 4.78 is 16.9. The number of carbonyl (C=O) groups is 3. The maximum atomic E-state index is 12.9. The van der Waals surface area contributed by atoms with Gasteiger partial charge in [-0.15, -0.1) is 0 Å². The van der Waals surface area contributed by atoms with E-state index in [1.54, 1.807) is 0 Å². The van der Waals surface area contributed by atoms with Gasteiger partial charge in [0, 0.05) is 19.3 Å². The van der Waals surface area contributed by atoms with Crippen molar-refractivity contribution in [3.63, 3.8) is 0 Å². The Bertz CT molecular complexity index is 1520. The van der Waals surface area contributed by atoms with Gasteiger partial charge in [0.2, 0.25) is 0 Å². The first-order valence-electron chi connectivity index (χ1n) is 34.6. The Hall–Kier alpha value is -3.41. The van der Waals surface area contributed by atoms with Gasteiger partial charge in [-0.2, -0.15) is 0 Å². The topological polar surface area (TPSA) is 78.9 Å². The zero-order chi connectivity index (χ0) is 57.8. The second-order valence-corrected chi connectivity index (χ2v) is 23.1. The first-order chi connectivity index (χ1) is 39.5. The molecule has 462 valence electrons. The van der Waals surface area contributed by atoms with Gasteiger partial charge in [0.25, 0.3) is 0 Å². The molecule has 6 heteroatoms. The summed E-state index contributed by atoms with van der Waals surface area (Å²) in [6, 6.07) is 0. The summed E-state index contributed by atoms with van der Waals surface area (Å²) in [4.78, 5) is 38.3. The van der Waals surface area contributed by atoms with Crippen molar-refractivity contribution < 1.29 is 28.6 Å². The molecule has 6 nitrogen and oxygen atoms in total. The molecule has 0 amide bonds. The highest BCUT2D eigenvalue weighted by atomic mass is 16.6. The predicted molar refractivity (Wildman–Crippen MR) is 348 cm³/mol. The van der Waals surface area contributed by atoms with Crippen LogP contribution in [0.25, 0.3) is 0 Å². The minimum Gasteiger partial charge on any atom is -0.462 e. The van der Waals surface area contributed by atoms with Crippen molar-refractivity contribution in [1.82, 2.24) is 0 Å². The van der Waals surface area contributed by atoms with Crippen LogP contribution in [0.2, 0.25) is 0 Å². The molecule has 0 aliphatic heterocycles. The van der Waals surface area contributed by atoms with Crippen molar-refractivity contribution in [2.75, 3.05) is 13.2 Å². The summed E-state index contributed by atoms with van der Waals surface area (Å²) in [5, 5.41) is 0. The number of allylic oxidation sites excluding steroid dienone is 14. The highest BCUT2D eigenvalue weighted by Crippen LogP contribution is 2.17. The summed E-state index contributed by atoms with van der Waals surface area (Å²) in [5.74, 6) is -0.864. The molecule has 0 aliphatic rings. The van der Waals surface area contributed by atoms with Crippen molar-refractivity contribution >= 4 is 17.9 Å². The van der Waals surface area contributed by atoms with Crippen LogP contribution in [0.15, 0.2) is 85.1 Å². The SMILES string of the molecule is CC/C=C\C/C=C\C/C=C\C/C=C\C/C=C\C/C=C\CCCCCCCCCCCCCCCCCCC(=O)OCC(COC(=O)CCCCCCCCCCCCCC)OC(=O)CCCCCCC/C=C\CCCCCCCC. The number of unbranched alkanes of at least 4 members (excludes halogenated alkanes) is 38. The monoisotopic (exact) mass is 1110 g/mol. The lowest BCUT2D eigenvalue weighted by Gasteiger charge is -2.18. The molecule has 0 aromatic rings. The maximum Gasteiger partial charge on any atom is 0.306 e. The van der Waals surface area contributed by atoms with E-state index in [2.05, 4.69) is 106 Å². The molecule has 80 heavy (non-hydrogen) atoms. The van der Waals surface area contributed by atoms with Gasteiger partial charge in [0.05, 0.1) is 0 Å². The average Bonchev–Trinajstić information content (AvgIpc) is 3.46. The third kappa shape index (κ3) is 65.4. The van der Waals surface area contributed by atoms with Crippen LogP contribution in [0.1, 0.15) is 348 Å². The van der Waals surface area contributed by atoms with Gasteiger partial charge in [0.1, 0.15) is 13.2 Å². The van der Waals surface area contributed by atoms with Crippen LogP contribution >= 0.6 is 0 Å². The first kappa shape index (κ1) is 76.6. The highest BCUT2D eigenvalue weighted by Gasteiger charge is 2.19. The predicted octanol–water partition coefficient (Wildman–Crippen LogP) is 23.8. The summed E-state index contributed by atoms with van der Waals surface area (Å²) >= 11 is 0. The van der Waals surface area contributed by atoms with Crippen LogP contribution in [-0.2, 0) is 28.6 Å². The molecule has 0 spiro atoms. The molecule has 0 bridgehead atoms. The van der Waals surface area contributed by atoms with Crippen molar-refractivity contribution in [3.05, 3.63) is 85.1 Å². The molecule has 0 saturated carbocycles. The van der Waals surface area contributed by atoms with E-state index in [0.717, 1.165) is 103 Å². The zero-order valence-electron chi connectivity index (χ0n) is 53.1. The van der Waals surface area contributed by atoms with E-state index in [1.807, 2.05) is 0 Å². The molecule has 0 heterocycles. The second-order valence-electron chi connectivity index (χ2n) is 23.1. The van der Waals surface area contributed by atoms with E-state index >= 15 is 0 Å². The lowest BCUT2D eigenvalue weighted by molar-refractivity contribution is -0.167. The quantitative estimate of drug-likeness (QED) is 0.0261. The third-order valence-corrected chi connectivity index (χ3v) is 15.1. The Morgan fingerprint density at radius 1 is 0.263 bits per heavy atom. The fourth-order valence-electron chi connectivity index (χ4n) is 9.97. The van der Waals surface area contributed by atoms with Gasteiger partial charge < -0.3 is 14.2 Å². The number of hydrogen-bond acceptors (Lipinski definition) is 6. The lowest BCUT2D eigenvalue weighted by atomic mass is 10.0. The van der Waals surface area contributed by atoms with E-state index < -0.39 is 6.10 Å². The molecular formula is C74H130O6. The summed E-state index contributed by atoms with van der Waals surface area (Å²) in [7, 11) is 0. The molecular weight excluding hydrogens is 985 g/mol. The van der Waals surface area contributed by atoms with Gasteiger partial charge >= 0.3 is 17.9 Å². The van der Waals surface area contributed by atoms with Crippen LogP contribution in [0.5, 0.6) is 0 Å². The minimum atomic E-state index is -0.777. The third-order valence-electron chi connectivity index (χ3n) is 15.1. The van der Waals surface area contributed by atoms with E-state index in [1.165, 1.54) is 205 Å². The molecule has 1 unspecified atom stereocenters. The standard InChI is InChI=1S/C74H130O6/c1-4-7-10-13-16-19-22-25-27-28-29-30-31-32-33-34-35-36-37-38-39-40-41-42-43-44-45-46-48-49-52-55-58-61-64-67-73(76)79-70-71(69-78-72(75)66-63-60-57-54-51-24-21-18-15-12-9-6-3)80-74(77)68-65-62-59-56-53-50-47-26-23-20-17-14-11-8-5-2/h7,10,16,19,25-27,29-30,32-33,35-36,47,71H,4-6,8-9,11-15,17-18,20-24,28,31,34,37-46,48-70H2,1-3H3/b10-7-,19-16-,27-25-,30-29-,33-32-,36-35-,47-26-. The number of carbonyl (C=O) groups excluding carboxylic acids is 3. The van der Waals surface area contributed by atoms with E-state index in [4.69, 9.17) is 14.2 Å². The Kier molecular flexibility index (Phi) is 65.2. The number of hydrogen-bond donors (Lipinski definition) is 0. The molecule has 0 rings (SSSR count). The zero-order valence-corrected chi connectivity index (χ0v) is 53.1. The molecule has 0 saturated heterocycles. The molecule has 1 atom stereocenters. The molecule has 0 aromatic heterocycles. The largest absolute Gasteiger partial charge is 0.462 e. The Morgan fingerprint density at radius 3 is 0.775 bits per heavy atom. The number of ether oxygens (including phenoxy) is 3. The highest BCUT2D eigenvalue weighted by molar-refractivity contribution is 5.71. The van der Waals surface area contributed by atoms with Crippen LogP contribution in [0.4, 0.5) is 0 Å². The van der Waals surface area contributed by atoms with E-state index in [0.29, 0.717) is 19.3 Å². The lowest BCUT2D eigenvalue weighted by Crippen LogP contribution is -2.30.